The first-order valence-corrected chi connectivity index (χ1v) is 8.10. The van der Waals surface area contributed by atoms with Gasteiger partial charge in [0.2, 0.25) is 0 Å². The number of aliphatic hydroxyl groups excluding tert-OH is 1. The Balaban J connectivity index is 1.98. The first-order valence-electron chi connectivity index (χ1n) is 8.10. The molecule has 0 radical (unpaired) electrons. The molecule has 2 rings (SSSR count). The summed E-state index contributed by atoms with van der Waals surface area (Å²) in [4.78, 5) is 22.4. The summed E-state index contributed by atoms with van der Waals surface area (Å²) in [5.74, 6) is 0.439. The van der Waals surface area contributed by atoms with E-state index < -0.39 is 12.2 Å². The number of imidazole rings is 1. The second-order valence-electron chi connectivity index (χ2n) is 5.93. The van der Waals surface area contributed by atoms with Crippen LogP contribution in [0.5, 0.6) is 0 Å². The Morgan fingerprint density at radius 1 is 1.41 bits per heavy atom. The molecule has 3 N–H and O–H groups in total. The first-order chi connectivity index (χ1) is 10.6. The van der Waals surface area contributed by atoms with E-state index in [1.165, 1.54) is 19.3 Å². The average Bonchev–Trinajstić information content (AvgIpc) is 3.00. The number of aromatic nitrogens is 2. The third-order valence-corrected chi connectivity index (χ3v) is 4.15. The highest BCUT2D eigenvalue weighted by atomic mass is 16.4. The molecule has 1 aromatic heterocycles. The van der Waals surface area contributed by atoms with Crippen LogP contribution >= 0.6 is 0 Å². The van der Waals surface area contributed by atoms with Crippen molar-refractivity contribution in [3.63, 3.8) is 0 Å². The van der Waals surface area contributed by atoms with Crippen LogP contribution in [0, 0.1) is 5.92 Å². The standard InChI is InChI=1S/C16H25N3O3/c20-15(7-4-8-16(21)22)19-13(11-14-17-9-10-18-14)12-5-2-1-3-6-12/h9-10,12,15,20H,1-8,11H2,(H,17,18)(H,21,22). The molecule has 1 heterocycles. The Hall–Kier alpha value is -1.69. The van der Waals surface area contributed by atoms with Gasteiger partial charge in [-0.1, -0.05) is 19.3 Å². The Bertz CT molecular complexity index is 479. The number of carbonyl (C=O) groups is 1. The van der Waals surface area contributed by atoms with Crippen LogP contribution in [-0.4, -0.2) is 38.1 Å². The fraction of sp³-hybridized carbons (Fsp3) is 0.688. The van der Waals surface area contributed by atoms with Crippen molar-refractivity contribution < 1.29 is 15.0 Å². The Kier molecular flexibility index (Phi) is 6.58. The first kappa shape index (κ1) is 16.7. The van der Waals surface area contributed by atoms with Crippen LogP contribution in [-0.2, 0) is 11.2 Å². The summed E-state index contributed by atoms with van der Waals surface area (Å²) in [6.45, 7) is 0. The van der Waals surface area contributed by atoms with Crippen molar-refractivity contribution >= 4 is 11.7 Å². The molecule has 22 heavy (non-hydrogen) atoms. The van der Waals surface area contributed by atoms with Crippen LogP contribution in [0.1, 0.15) is 57.2 Å². The Labute approximate surface area is 130 Å². The van der Waals surface area contributed by atoms with E-state index in [4.69, 9.17) is 5.11 Å². The largest absolute Gasteiger partial charge is 0.481 e. The van der Waals surface area contributed by atoms with Gasteiger partial charge in [0, 0.05) is 30.9 Å². The minimum atomic E-state index is -0.834. The summed E-state index contributed by atoms with van der Waals surface area (Å²) in [5.41, 5.74) is 0.998. The zero-order valence-electron chi connectivity index (χ0n) is 12.9. The number of nitrogens with one attached hydrogen (secondary N) is 1. The zero-order chi connectivity index (χ0) is 15.8. The quantitative estimate of drug-likeness (QED) is 0.643. The number of aliphatic imine (C=N–C) groups is 1. The number of aromatic amines is 1. The van der Waals surface area contributed by atoms with E-state index >= 15 is 0 Å². The molecule has 1 aromatic rings. The Morgan fingerprint density at radius 2 is 2.18 bits per heavy atom. The lowest BCUT2D eigenvalue weighted by Gasteiger charge is -2.24. The molecule has 122 valence electrons. The minimum absolute atomic E-state index is 0.0729. The molecule has 6 nitrogen and oxygen atoms in total. The lowest BCUT2D eigenvalue weighted by atomic mass is 9.84. The van der Waals surface area contributed by atoms with Crippen molar-refractivity contribution in [3.8, 4) is 0 Å². The second-order valence-corrected chi connectivity index (χ2v) is 5.93. The summed E-state index contributed by atoms with van der Waals surface area (Å²) >= 11 is 0. The maximum Gasteiger partial charge on any atom is 0.303 e. The highest BCUT2D eigenvalue weighted by Gasteiger charge is 2.21. The van der Waals surface area contributed by atoms with Crippen LogP contribution in [0.15, 0.2) is 17.4 Å². The van der Waals surface area contributed by atoms with Crippen LogP contribution in [0.2, 0.25) is 0 Å². The molecule has 1 aliphatic rings. The number of nitrogens with zero attached hydrogens (tertiary/aromatic N) is 2. The SMILES string of the molecule is O=C(O)CCCC(O)N=C(Cc1ncc[nH]1)C1CCCCC1. The predicted octanol–water partition coefficient (Wildman–Crippen LogP) is 2.55. The van der Waals surface area contributed by atoms with E-state index in [1.807, 2.05) is 0 Å². The molecule has 0 aliphatic heterocycles. The fourth-order valence-electron chi connectivity index (χ4n) is 2.99. The molecular formula is C16H25N3O3. The van der Waals surface area contributed by atoms with E-state index in [1.54, 1.807) is 12.4 Å². The number of H-pyrrole nitrogens is 1. The molecule has 1 atom stereocenters. The molecule has 0 saturated heterocycles. The summed E-state index contributed by atoms with van der Waals surface area (Å²) < 4.78 is 0. The van der Waals surface area contributed by atoms with Crippen molar-refractivity contribution in [2.24, 2.45) is 10.9 Å². The number of aliphatic hydroxyl groups is 1. The van der Waals surface area contributed by atoms with Gasteiger partial charge in [-0.05, 0) is 31.6 Å². The van der Waals surface area contributed by atoms with Gasteiger partial charge in [-0.2, -0.15) is 0 Å². The lowest BCUT2D eigenvalue weighted by Crippen LogP contribution is -2.23. The highest BCUT2D eigenvalue weighted by molar-refractivity contribution is 5.88. The van der Waals surface area contributed by atoms with Crippen LogP contribution in [0.4, 0.5) is 0 Å². The minimum Gasteiger partial charge on any atom is -0.481 e. The smallest absolute Gasteiger partial charge is 0.303 e. The normalized spacial score (nSPS) is 18.3. The van der Waals surface area contributed by atoms with Gasteiger partial charge in [-0.25, -0.2) is 4.98 Å². The van der Waals surface area contributed by atoms with E-state index in [-0.39, 0.29) is 6.42 Å². The fourth-order valence-corrected chi connectivity index (χ4v) is 2.99. The molecule has 0 spiro atoms. The highest BCUT2D eigenvalue weighted by Crippen LogP contribution is 2.26. The predicted molar refractivity (Wildman–Crippen MR) is 83.8 cm³/mol. The average molecular weight is 307 g/mol. The van der Waals surface area contributed by atoms with Crippen molar-refractivity contribution in [1.29, 1.82) is 0 Å². The summed E-state index contributed by atoms with van der Waals surface area (Å²) in [6.07, 6.45) is 10.1. The molecule has 0 aromatic carbocycles. The number of carboxylic acid groups (broad SMARTS) is 1. The van der Waals surface area contributed by atoms with Crippen molar-refractivity contribution in [2.75, 3.05) is 0 Å². The maximum atomic E-state index is 10.5. The summed E-state index contributed by atoms with van der Waals surface area (Å²) in [6, 6.07) is 0. The monoisotopic (exact) mass is 307 g/mol. The lowest BCUT2D eigenvalue weighted by molar-refractivity contribution is -0.137. The molecule has 0 amide bonds. The van der Waals surface area contributed by atoms with Gasteiger partial charge in [-0.15, -0.1) is 0 Å². The van der Waals surface area contributed by atoms with Crippen molar-refractivity contribution in [3.05, 3.63) is 18.2 Å². The van der Waals surface area contributed by atoms with Crippen molar-refractivity contribution in [1.82, 2.24) is 9.97 Å². The summed E-state index contributed by atoms with van der Waals surface area (Å²) in [7, 11) is 0. The van der Waals surface area contributed by atoms with Crippen LogP contribution in [0.25, 0.3) is 0 Å². The number of aliphatic carboxylic acids is 1. The van der Waals surface area contributed by atoms with Crippen LogP contribution in [0.3, 0.4) is 0 Å². The molecule has 1 saturated carbocycles. The Morgan fingerprint density at radius 3 is 2.82 bits per heavy atom. The molecule has 0 bridgehead atoms. The molecular weight excluding hydrogens is 282 g/mol. The summed E-state index contributed by atoms with van der Waals surface area (Å²) in [5, 5.41) is 18.7. The van der Waals surface area contributed by atoms with Gasteiger partial charge < -0.3 is 15.2 Å². The maximum absolute atomic E-state index is 10.5. The molecule has 1 fully saturated rings. The topological polar surface area (TPSA) is 98.6 Å². The number of carboxylic acids is 1. The van der Waals surface area contributed by atoms with Gasteiger partial charge in [0.25, 0.3) is 0 Å². The van der Waals surface area contributed by atoms with Gasteiger partial charge in [-0.3, -0.25) is 9.79 Å². The van der Waals surface area contributed by atoms with E-state index in [2.05, 4.69) is 15.0 Å². The van der Waals surface area contributed by atoms with E-state index in [0.717, 1.165) is 24.4 Å². The van der Waals surface area contributed by atoms with Gasteiger partial charge >= 0.3 is 5.97 Å². The number of hydrogen-bond donors (Lipinski definition) is 3. The third kappa shape index (κ3) is 5.60. The van der Waals surface area contributed by atoms with E-state index in [0.29, 0.717) is 25.2 Å². The van der Waals surface area contributed by atoms with Gasteiger partial charge in [0.1, 0.15) is 12.1 Å². The molecule has 1 unspecified atom stereocenters. The van der Waals surface area contributed by atoms with Crippen LogP contribution < -0.4 is 0 Å². The zero-order valence-corrected chi connectivity index (χ0v) is 12.9. The third-order valence-electron chi connectivity index (χ3n) is 4.15. The number of rotatable bonds is 8. The van der Waals surface area contributed by atoms with E-state index in [9.17, 15) is 9.90 Å². The number of hydrogen-bond acceptors (Lipinski definition) is 4. The van der Waals surface area contributed by atoms with Gasteiger partial charge in [0.05, 0.1) is 0 Å². The second kappa shape index (κ2) is 8.68. The molecule has 1 aliphatic carbocycles. The van der Waals surface area contributed by atoms with Gasteiger partial charge in [0.15, 0.2) is 0 Å². The molecule has 6 heteroatoms. The van der Waals surface area contributed by atoms with Crippen molar-refractivity contribution in [2.45, 2.75) is 64.0 Å².